The molecule has 0 atom stereocenters. The summed E-state index contributed by atoms with van der Waals surface area (Å²) in [5.74, 6) is 1.73. The standard InChI is InChI=1S/C22H29NO2.ClH/c1-24-21-11-13-22(14-12-21)25-18-20-9-4-3-8-19(20)10-7-17-23-15-5-2-6-16-23;/h3-4,8-9,11-14H,2,5-7,10,15-18H2,1H3;1H. The Labute approximate surface area is 163 Å². The van der Waals surface area contributed by atoms with E-state index in [1.165, 1.54) is 56.4 Å². The lowest BCUT2D eigenvalue weighted by Crippen LogP contribution is -2.30. The lowest BCUT2D eigenvalue weighted by Gasteiger charge is -2.26. The summed E-state index contributed by atoms with van der Waals surface area (Å²) in [6.45, 7) is 4.39. The van der Waals surface area contributed by atoms with Gasteiger partial charge in [0.15, 0.2) is 0 Å². The first-order valence-corrected chi connectivity index (χ1v) is 9.41. The number of halogens is 1. The van der Waals surface area contributed by atoms with Crippen LogP contribution in [0.1, 0.15) is 36.8 Å². The van der Waals surface area contributed by atoms with Crippen LogP contribution in [0.25, 0.3) is 0 Å². The minimum atomic E-state index is 0. The van der Waals surface area contributed by atoms with Gasteiger partial charge in [-0.3, -0.25) is 0 Å². The Morgan fingerprint density at radius 2 is 1.50 bits per heavy atom. The number of ether oxygens (including phenoxy) is 2. The summed E-state index contributed by atoms with van der Waals surface area (Å²) in [5, 5.41) is 0. The lowest BCUT2D eigenvalue weighted by atomic mass is 10.0. The van der Waals surface area contributed by atoms with Gasteiger partial charge in [0.2, 0.25) is 0 Å². The molecule has 0 N–H and O–H groups in total. The van der Waals surface area contributed by atoms with Gasteiger partial charge >= 0.3 is 0 Å². The van der Waals surface area contributed by atoms with E-state index in [-0.39, 0.29) is 12.4 Å². The average molecular weight is 376 g/mol. The second-order valence-electron chi connectivity index (χ2n) is 6.74. The van der Waals surface area contributed by atoms with E-state index < -0.39 is 0 Å². The number of hydrogen-bond acceptors (Lipinski definition) is 3. The number of rotatable bonds is 8. The molecule has 26 heavy (non-hydrogen) atoms. The van der Waals surface area contributed by atoms with Crippen LogP contribution in [-0.2, 0) is 13.0 Å². The van der Waals surface area contributed by atoms with Crippen molar-refractivity contribution in [2.75, 3.05) is 26.7 Å². The highest BCUT2D eigenvalue weighted by Gasteiger charge is 2.10. The van der Waals surface area contributed by atoms with E-state index in [0.717, 1.165) is 17.9 Å². The molecule has 1 aliphatic heterocycles. The van der Waals surface area contributed by atoms with Crippen molar-refractivity contribution in [3.63, 3.8) is 0 Å². The molecule has 1 heterocycles. The Morgan fingerprint density at radius 3 is 2.19 bits per heavy atom. The Hall–Kier alpha value is -1.71. The Kier molecular flexibility index (Phi) is 8.79. The van der Waals surface area contributed by atoms with Crippen molar-refractivity contribution >= 4 is 12.4 Å². The molecule has 2 aromatic carbocycles. The zero-order valence-corrected chi connectivity index (χ0v) is 16.5. The van der Waals surface area contributed by atoms with E-state index in [1.54, 1.807) is 7.11 Å². The fourth-order valence-corrected chi connectivity index (χ4v) is 3.45. The van der Waals surface area contributed by atoms with E-state index in [9.17, 15) is 0 Å². The number of benzene rings is 2. The van der Waals surface area contributed by atoms with E-state index in [0.29, 0.717) is 6.61 Å². The van der Waals surface area contributed by atoms with Gasteiger partial charge in [-0.1, -0.05) is 30.7 Å². The Balaban J connectivity index is 0.00000243. The van der Waals surface area contributed by atoms with Crippen LogP contribution >= 0.6 is 12.4 Å². The first-order chi connectivity index (χ1) is 12.3. The maximum Gasteiger partial charge on any atom is 0.120 e. The first kappa shape index (κ1) is 20.6. The predicted octanol–water partition coefficient (Wildman–Crippen LogP) is 5.11. The number of methoxy groups -OCH3 is 1. The fraction of sp³-hybridized carbons (Fsp3) is 0.455. The van der Waals surface area contributed by atoms with Crippen LogP contribution in [0.4, 0.5) is 0 Å². The van der Waals surface area contributed by atoms with Crippen LogP contribution < -0.4 is 9.47 Å². The number of hydrogen-bond donors (Lipinski definition) is 0. The van der Waals surface area contributed by atoms with Gasteiger partial charge in [-0.2, -0.15) is 0 Å². The number of aryl methyl sites for hydroxylation is 1. The molecule has 1 saturated heterocycles. The van der Waals surface area contributed by atoms with Gasteiger partial charge in [-0.15, -0.1) is 12.4 Å². The van der Waals surface area contributed by atoms with Gasteiger partial charge in [-0.05, 0) is 80.7 Å². The lowest BCUT2D eigenvalue weighted by molar-refractivity contribution is 0.226. The number of piperidine rings is 1. The highest BCUT2D eigenvalue weighted by Crippen LogP contribution is 2.20. The molecule has 4 heteroatoms. The Morgan fingerprint density at radius 1 is 0.846 bits per heavy atom. The van der Waals surface area contributed by atoms with Gasteiger partial charge in [0, 0.05) is 0 Å². The monoisotopic (exact) mass is 375 g/mol. The molecule has 0 unspecified atom stereocenters. The molecule has 0 aliphatic carbocycles. The summed E-state index contributed by atoms with van der Waals surface area (Å²) in [7, 11) is 1.68. The third-order valence-electron chi connectivity index (χ3n) is 4.94. The molecule has 1 fully saturated rings. The van der Waals surface area contributed by atoms with Crippen LogP contribution in [-0.4, -0.2) is 31.6 Å². The topological polar surface area (TPSA) is 21.7 Å². The van der Waals surface area contributed by atoms with Crippen LogP contribution in [0.3, 0.4) is 0 Å². The van der Waals surface area contributed by atoms with E-state index in [4.69, 9.17) is 9.47 Å². The van der Waals surface area contributed by atoms with Crippen LogP contribution in [0.5, 0.6) is 11.5 Å². The third kappa shape index (κ3) is 6.22. The minimum absolute atomic E-state index is 0. The largest absolute Gasteiger partial charge is 0.497 e. The summed E-state index contributed by atoms with van der Waals surface area (Å²) < 4.78 is 11.1. The minimum Gasteiger partial charge on any atom is -0.497 e. The zero-order chi connectivity index (χ0) is 17.3. The van der Waals surface area contributed by atoms with Crippen molar-refractivity contribution in [1.82, 2.24) is 4.90 Å². The molecule has 0 radical (unpaired) electrons. The second-order valence-corrected chi connectivity index (χ2v) is 6.74. The molecular weight excluding hydrogens is 346 g/mol. The molecule has 0 aromatic heterocycles. The number of nitrogens with zero attached hydrogens (tertiary/aromatic N) is 1. The van der Waals surface area contributed by atoms with Crippen molar-refractivity contribution in [2.24, 2.45) is 0 Å². The normalized spacial score (nSPS) is 14.5. The van der Waals surface area contributed by atoms with Crippen molar-refractivity contribution in [2.45, 2.75) is 38.7 Å². The van der Waals surface area contributed by atoms with Crippen LogP contribution in [0.2, 0.25) is 0 Å². The molecule has 142 valence electrons. The molecular formula is C22H30ClNO2. The molecule has 0 saturated carbocycles. The molecule has 1 aliphatic rings. The van der Waals surface area contributed by atoms with Gasteiger partial charge in [0.1, 0.15) is 18.1 Å². The molecule has 0 amide bonds. The quantitative estimate of drug-likeness (QED) is 0.639. The maximum atomic E-state index is 5.96. The molecule has 3 nitrogen and oxygen atoms in total. The summed E-state index contributed by atoms with van der Waals surface area (Å²) in [5.41, 5.74) is 2.70. The number of likely N-dealkylation sites (tertiary alicyclic amines) is 1. The predicted molar refractivity (Wildman–Crippen MR) is 110 cm³/mol. The maximum absolute atomic E-state index is 5.96. The first-order valence-electron chi connectivity index (χ1n) is 9.41. The molecule has 2 aromatic rings. The summed E-state index contributed by atoms with van der Waals surface area (Å²) in [6.07, 6.45) is 6.48. The van der Waals surface area contributed by atoms with E-state index in [2.05, 4.69) is 29.2 Å². The summed E-state index contributed by atoms with van der Waals surface area (Å²) >= 11 is 0. The van der Waals surface area contributed by atoms with Gasteiger partial charge in [0.05, 0.1) is 7.11 Å². The fourth-order valence-electron chi connectivity index (χ4n) is 3.45. The summed E-state index contributed by atoms with van der Waals surface area (Å²) in [6, 6.07) is 16.4. The SMILES string of the molecule is COc1ccc(OCc2ccccc2CCCN2CCCCC2)cc1.Cl. The van der Waals surface area contributed by atoms with Crippen molar-refractivity contribution < 1.29 is 9.47 Å². The van der Waals surface area contributed by atoms with Crippen LogP contribution in [0.15, 0.2) is 48.5 Å². The van der Waals surface area contributed by atoms with Gasteiger partial charge < -0.3 is 14.4 Å². The molecule has 0 spiro atoms. The van der Waals surface area contributed by atoms with Crippen molar-refractivity contribution in [3.05, 3.63) is 59.7 Å². The van der Waals surface area contributed by atoms with Gasteiger partial charge in [-0.25, -0.2) is 0 Å². The van der Waals surface area contributed by atoms with Crippen molar-refractivity contribution in [3.8, 4) is 11.5 Å². The highest BCUT2D eigenvalue weighted by atomic mass is 35.5. The second kappa shape index (κ2) is 11.1. The van der Waals surface area contributed by atoms with E-state index >= 15 is 0 Å². The highest BCUT2D eigenvalue weighted by molar-refractivity contribution is 5.85. The third-order valence-corrected chi connectivity index (χ3v) is 4.94. The smallest absolute Gasteiger partial charge is 0.120 e. The van der Waals surface area contributed by atoms with Crippen molar-refractivity contribution in [1.29, 1.82) is 0 Å². The van der Waals surface area contributed by atoms with Crippen LogP contribution in [0, 0.1) is 0 Å². The van der Waals surface area contributed by atoms with E-state index in [1.807, 2.05) is 24.3 Å². The van der Waals surface area contributed by atoms with Gasteiger partial charge in [0.25, 0.3) is 0 Å². The summed E-state index contributed by atoms with van der Waals surface area (Å²) in [4.78, 5) is 2.61. The molecule has 3 rings (SSSR count). The average Bonchev–Trinajstić information content (AvgIpc) is 2.68. The molecule has 0 bridgehead atoms. The Bertz CT molecular complexity index is 639. The zero-order valence-electron chi connectivity index (χ0n) is 15.7.